The van der Waals surface area contributed by atoms with Crippen molar-refractivity contribution in [2.45, 2.75) is 39.7 Å². The van der Waals surface area contributed by atoms with Crippen molar-refractivity contribution in [3.8, 4) is 0 Å². The van der Waals surface area contributed by atoms with Crippen LogP contribution >= 0.6 is 0 Å². The van der Waals surface area contributed by atoms with E-state index in [1.165, 1.54) is 40.2 Å². The Hall–Kier alpha value is -3.76. The maximum atomic E-state index is 13.3. The molecule has 0 heterocycles. The van der Waals surface area contributed by atoms with E-state index in [1.54, 1.807) is 0 Å². The molecule has 0 aliphatic heterocycles. The van der Waals surface area contributed by atoms with Gasteiger partial charge < -0.3 is 23.4 Å². The Bertz CT molecular complexity index is 1190. The molecule has 0 amide bonds. The largest absolute Gasteiger partial charge is 0.468 e. The smallest absolute Gasteiger partial charge is 0.326 e. The summed E-state index contributed by atoms with van der Waals surface area (Å²) in [5, 5.41) is 1.56. The van der Waals surface area contributed by atoms with Crippen LogP contribution in [0.3, 0.4) is 0 Å². The van der Waals surface area contributed by atoms with E-state index in [-0.39, 0.29) is 6.61 Å². The molecule has 2 aromatic carbocycles. The lowest BCUT2D eigenvalue weighted by Crippen LogP contribution is -2.67. The van der Waals surface area contributed by atoms with Gasteiger partial charge in [-0.1, -0.05) is 93.6 Å². The third-order valence-electron chi connectivity index (χ3n) is 7.74. The molecule has 2 rings (SSSR count). The van der Waals surface area contributed by atoms with Crippen LogP contribution in [0.5, 0.6) is 0 Å². The molecule has 0 aromatic heterocycles. The Morgan fingerprint density at radius 1 is 0.667 bits per heavy atom. The molecular weight excluding hydrogens is 556 g/mol. The van der Waals surface area contributed by atoms with Gasteiger partial charge in [-0.05, 0) is 29.3 Å². The molecule has 0 radical (unpaired) electrons. The van der Waals surface area contributed by atoms with E-state index in [2.05, 4.69) is 20.8 Å². The number of hydrogen-bond donors (Lipinski definition) is 0. The quantitative estimate of drug-likeness (QED) is 0.119. The van der Waals surface area contributed by atoms with E-state index in [9.17, 15) is 19.2 Å². The number of esters is 4. The third-order valence-corrected chi connectivity index (χ3v) is 12.7. The first kappa shape index (κ1) is 34.4. The monoisotopic (exact) mass is 598 g/mol. The highest BCUT2D eigenvalue weighted by Gasteiger charge is 2.54. The first-order chi connectivity index (χ1) is 19.7. The average molecular weight is 599 g/mol. The van der Waals surface area contributed by atoms with Crippen LogP contribution in [0.4, 0.5) is 0 Å². The Balaban J connectivity index is 2.84. The molecule has 1 atom stereocenters. The highest BCUT2D eigenvalue weighted by atomic mass is 28.4. The van der Waals surface area contributed by atoms with E-state index >= 15 is 0 Å². The summed E-state index contributed by atoms with van der Waals surface area (Å²) < 4.78 is 26.9. The predicted octanol–water partition coefficient (Wildman–Crippen LogP) is 3.44. The van der Waals surface area contributed by atoms with Crippen LogP contribution in [0.1, 0.15) is 34.6 Å². The van der Waals surface area contributed by atoms with Crippen molar-refractivity contribution < 1.29 is 42.6 Å². The number of rotatable bonds is 12. The van der Waals surface area contributed by atoms with Crippen molar-refractivity contribution in [1.82, 2.24) is 0 Å². The van der Waals surface area contributed by atoms with E-state index in [1.807, 2.05) is 60.7 Å². The second kappa shape index (κ2) is 13.9. The van der Waals surface area contributed by atoms with E-state index in [0.717, 1.165) is 24.6 Å². The Morgan fingerprint density at radius 3 is 1.38 bits per heavy atom. The molecule has 0 aliphatic carbocycles. The molecular formula is C32H42O9Si. The first-order valence-corrected chi connectivity index (χ1v) is 15.4. The summed E-state index contributed by atoms with van der Waals surface area (Å²) in [6.45, 7) is 8.83. The van der Waals surface area contributed by atoms with Gasteiger partial charge in [0.05, 0.1) is 28.4 Å². The van der Waals surface area contributed by atoms with Gasteiger partial charge in [0.2, 0.25) is 0 Å². The predicted molar refractivity (Wildman–Crippen MR) is 160 cm³/mol. The lowest BCUT2D eigenvalue weighted by Gasteiger charge is -2.44. The number of ether oxygens (including phenoxy) is 4. The molecule has 0 N–H and O–H groups in total. The SMILES string of the molecule is COC(=O)C(C)(/C=C/[C@@H](CO[Si](c1ccccc1)(c1ccccc1)C(C)(C)C)C(C)(C(=O)OC)C(=O)OC)C(=O)OC. The minimum Gasteiger partial charge on any atom is -0.468 e. The maximum Gasteiger partial charge on any atom is 0.326 e. The van der Waals surface area contributed by atoms with Crippen molar-refractivity contribution in [3.05, 3.63) is 72.8 Å². The summed E-state index contributed by atoms with van der Waals surface area (Å²) in [4.78, 5) is 51.9. The number of carbonyl (C=O) groups is 4. The van der Waals surface area contributed by atoms with Crippen molar-refractivity contribution in [2.24, 2.45) is 16.7 Å². The fourth-order valence-corrected chi connectivity index (χ4v) is 9.74. The van der Waals surface area contributed by atoms with Gasteiger partial charge in [-0.25, -0.2) is 0 Å². The van der Waals surface area contributed by atoms with Crippen LogP contribution in [0.15, 0.2) is 72.8 Å². The van der Waals surface area contributed by atoms with Crippen LogP contribution in [-0.2, 0) is 42.6 Å². The molecule has 0 fully saturated rings. The second-order valence-electron chi connectivity index (χ2n) is 11.3. The molecule has 42 heavy (non-hydrogen) atoms. The Morgan fingerprint density at radius 2 is 1.05 bits per heavy atom. The molecule has 0 unspecified atom stereocenters. The van der Waals surface area contributed by atoms with Crippen LogP contribution in [0.25, 0.3) is 0 Å². The van der Waals surface area contributed by atoms with Gasteiger partial charge >= 0.3 is 23.9 Å². The molecule has 0 saturated carbocycles. The van der Waals surface area contributed by atoms with E-state index in [4.69, 9.17) is 23.4 Å². The summed E-state index contributed by atoms with van der Waals surface area (Å²) in [5.74, 6) is -4.54. The van der Waals surface area contributed by atoms with E-state index < -0.39 is 54.0 Å². The number of hydrogen-bond acceptors (Lipinski definition) is 9. The van der Waals surface area contributed by atoms with Gasteiger partial charge in [-0.3, -0.25) is 19.2 Å². The first-order valence-electron chi connectivity index (χ1n) is 13.5. The summed E-state index contributed by atoms with van der Waals surface area (Å²) in [6, 6.07) is 19.7. The summed E-state index contributed by atoms with van der Waals surface area (Å²) >= 11 is 0. The number of benzene rings is 2. The highest BCUT2D eigenvalue weighted by Crippen LogP contribution is 2.40. The van der Waals surface area contributed by atoms with Gasteiger partial charge in [0.15, 0.2) is 10.8 Å². The van der Waals surface area contributed by atoms with Gasteiger partial charge in [0.1, 0.15) is 0 Å². The van der Waals surface area contributed by atoms with Crippen molar-refractivity contribution in [3.63, 3.8) is 0 Å². The van der Waals surface area contributed by atoms with Crippen LogP contribution in [0.2, 0.25) is 5.04 Å². The topological polar surface area (TPSA) is 114 Å². The van der Waals surface area contributed by atoms with Gasteiger partial charge in [-0.15, -0.1) is 0 Å². The minimum absolute atomic E-state index is 0.164. The molecule has 0 aliphatic rings. The summed E-state index contributed by atoms with van der Waals surface area (Å²) in [6.07, 6.45) is 2.70. The maximum absolute atomic E-state index is 13.3. The third kappa shape index (κ3) is 6.49. The summed E-state index contributed by atoms with van der Waals surface area (Å²) in [5.41, 5.74) is -3.77. The zero-order valence-corrected chi connectivity index (χ0v) is 26.9. The zero-order valence-electron chi connectivity index (χ0n) is 25.9. The highest BCUT2D eigenvalue weighted by molar-refractivity contribution is 6.99. The Kier molecular flexibility index (Phi) is 11.4. The molecule has 0 saturated heterocycles. The van der Waals surface area contributed by atoms with Gasteiger partial charge in [0, 0.05) is 12.5 Å². The van der Waals surface area contributed by atoms with Gasteiger partial charge in [0.25, 0.3) is 8.32 Å². The fraction of sp³-hybridized carbons (Fsp3) is 0.438. The Labute approximate surface area is 249 Å². The van der Waals surface area contributed by atoms with E-state index in [0.29, 0.717) is 0 Å². The minimum atomic E-state index is -3.13. The lowest BCUT2D eigenvalue weighted by atomic mass is 9.75. The second-order valence-corrected chi connectivity index (χ2v) is 15.6. The fourth-order valence-electron chi connectivity index (χ4n) is 5.15. The molecule has 2 aromatic rings. The molecule has 10 heteroatoms. The standard InChI is InChI=1S/C32H42O9Si/c1-30(2,3)42(24-16-12-10-13-17-24,25-18-14-11-15-19-25)41-22-23(32(5,28(35)39-8)29(36)40-9)20-21-31(4,26(33)37-6)27(34)38-7/h10-21,23H,22H2,1-9H3/b21-20+/t23-/m0/s1. The lowest BCUT2D eigenvalue weighted by molar-refractivity contribution is -0.171. The van der Waals surface area contributed by atoms with Crippen LogP contribution < -0.4 is 10.4 Å². The van der Waals surface area contributed by atoms with Gasteiger partial charge in [-0.2, -0.15) is 0 Å². The number of methoxy groups -OCH3 is 4. The van der Waals surface area contributed by atoms with Crippen molar-refractivity contribution in [1.29, 1.82) is 0 Å². The van der Waals surface area contributed by atoms with Crippen LogP contribution in [0, 0.1) is 16.7 Å². The number of carbonyl (C=O) groups excluding carboxylic acids is 4. The normalized spacial score (nSPS) is 13.3. The van der Waals surface area contributed by atoms with Crippen LogP contribution in [-0.4, -0.2) is 67.2 Å². The molecule has 9 nitrogen and oxygen atoms in total. The zero-order chi connectivity index (χ0) is 31.8. The van der Waals surface area contributed by atoms with Crippen molar-refractivity contribution >= 4 is 42.6 Å². The molecule has 0 bridgehead atoms. The molecule has 228 valence electrons. The average Bonchev–Trinajstić information content (AvgIpc) is 3.00. The van der Waals surface area contributed by atoms with Crippen molar-refractivity contribution in [2.75, 3.05) is 35.0 Å². The molecule has 0 spiro atoms. The summed E-state index contributed by atoms with van der Waals surface area (Å²) in [7, 11) is 1.49.